The molecule has 0 saturated heterocycles. The molecule has 2 rings (SSSR count). The van der Waals surface area contributed by atoms with Crippen LogP contribution in [0.2, 0.25) is 5.02 Å². The zero-order valence-electron chi connectivity index (χ0n) is 11.9. The van der Waals surface area contributed by atoms with Crippen LogP contribution in [0.25, 0.3) is 0 Å². The number of aliphatic carboxylic acids is 1. The summed E-state index contributed by atoms with van der Waals surface area (Å²) in [5, 5.41) is 9.02. The summed E-state index contributed by atoms with van der Waals surface area (Å²) in [5.41, 5.74) is 0.999. The highest BCUT2D eigenvalue weighted by Crippen LogP contribution is 2.26. The second kappa shape index (κ2) is 7.85. The molecule has 23 heavy (non-hydrogen) atoms. The number of hydrogen-bond acceptors (Lipinski definition) is 3. The van der Waals surface area contributed by atoms with Gasteiger partial charge in [0.05, 0.1) is 12.1 Å². The Hall–Kier alpha value is -2.24. The number of nitrogens with zero attached hydrogens (tertiary/aromatic N) is 1. The smallest absolute Gasteiger partial charge is 0.341 e. The first-order valence-electron chi connectivity index (χ1n) is 6.63. The Bertz CT molecular complexity index is 706. The fourth-order valence-electron chi connectivity index (χ4n) is 1.88. The minimum absolute atomic E-state index is 0.0728. The number of hydrogen-bond donors (Lipinski definition) is 1. The van der Waals surface area contributed by atoms with E-state index in [9.17, 15) is 9.59 Å². The molecule has 1 amide bonds. The van der Waals surface area contributed by atoms with E-state index >= 15 is 0 Å². The van der Waals surface area contributed by atoms with Gasteiger partial charge in [0.15, 0.2) is 6.61 Å². The summed E-state index contributed by atoms with van der Waals surface area (Å²) < 4.78 is 6.12. The Morgan fingerprint density at radius 3 is 2.48 bits per heavy atom. The highest BCUT2D eigenvalue weighted by molar-refractivity contribution is 6.31. The monoisotopic (exact) mass is 353 g/mol. The van der Waals surface area contributed by atoms with Crippen LogP contribution in [0.5, 0.6) is 5.75 Å². The van der Waals surface area contributed by atoms with E-state index in [2.05, 4.69) is 0 Å². The molecule has 0 unspecified atom stereocenters. The predicted molar refractivity (Wildman–Crippen MR) is 86.8 cm³/mol. The minimum Gasteiger partial charge on any atom is -0.481 e. The Labute approximate surface area is 143 Å². The van der Waals surface area contributed by atoms with Crippen molar-refractivity contribution in [2.75, 3.05) is 6.61 Å². The van der Waals surface area contributed by atoms with E-state index in [0.717, 1.165) is 9.98 Å². The van der Waals surface area contributed by atoms with Crippen LogP contribution in [-0.2, 0) is 11.3 Å². The molecule has 0 aliphatic carbocycles. The number of rotatable bonds is 6. The molecule has 0 radical (unpaired) electrons. The number of halogens is 2. The summed E-state index contributed by atoms with van der Waals surface area (Å²) in [6, 6.07) is 13.6. The summed E-state index contributed by atoms with van der Waals surface area (Å²) in [4.78, 5) is 23.1. The van der Waals surface area contributed by atoms with Gasteiger partial charge in [0.1, 0.15) is 5.75 Å². The Morgan fingerprint density at radius 1 is 1.13 bits per heavy atom. The number of carboxylic acid groups (broad SMARTS) is 1. The standard InChI is InChI=1S/C16H13Cl2NO4/c17-12-6-7-13(14(8-12)23-10-15(20)21)16(22)19(18)9-11-4-2-1-3-5-11/h1-8H,9-10H2,(H,20,21). The van der Waals surface area contributed by atoms with Gasteiger partial charge in [0, 0.05) is 16.8 Å². The topological polar surface area (TPSA) is 66.8 Å². The van der Waals surface area contributed by atoms with Crippen LogP contribution in [0.3, 0.4) is 0 Å². The van der Waals surface area contributed by atoms with Gasteiger partial charge in [-0.3, -0.25) is 4.79 Å². The average molecular weight is 354 g/mol. The van der Waals surface area contributed by atoms with Gasteiger partial charge in [-0.05, 0) is 23.8 Å². The molecular formula is C16H13Cl2NO4. The van der Waals surface area contributed by atoms with E-state index in [-0.39, 0.29) is 17.9 Å². The van der Waals surface area contributed by atoms with Crippen molar-refractivity contribution in [1.82, 2.24) is 4.42 Å². The van der Waals surface area contributed by atoms with Crippen molar-refractivity contribution < 1.29 is 19.4 Å². The highest BCUT2D eigenvalue weighted by Gasteiger charge is 2.19. The van der Waals surface area contributed by atoms with Crippen molar-refractivity contribution >= 4 is 35.3 Å². The van der Waals surface area contributed by atoms with E-state index in [1.807, 2.05) is 30.3 Å². The molecule has 0 fully saturated rings. The average Bonchev–Trinajstić information content (AvgIpc) is 2.53. The van der Waals surface area contributed by atoms with Gasteiger partial charge in [0.2, 0.25) is 0 Å². The molecule has 120 valence electrons. The van der Waals surface area contributed by atoms with E-state index in [0.29, 0.717) is 5.02 Å². The van der Waals surface area contributed by atoms with Gasteiger partial charge < -0.3 is 9.84 Å². The van der Waals surface area contributed by atoms with Crippen molar-refractivity contribution in [2.45, 2.75) is 6.54 Å². The molecule has 2 aromatic carbocycles. The number of carbonyl (C=O) groups excluding carboxylic acids is 1. The number of carbonyl (C=O) groups is 2. The van der Waals surface area contributed by atoms with Gasteiger partial charge in [-0.1, -0.05) is 41.9 Å². The first-order valence-corrected chi connectivity index (χ1v) is 7.34. The lowest BCUT2D eigenvalue weighted by atomic mass is 10.1. The van der Waals surface area contributed by atoms with Crippen LogP contribution in [0.4, 0.5) is 0 Å². The van der Waals surface area contributed by atoms with Gasteiger partial charge in [-0.25, -0.2) is 9.21 Å². The maximum absolute atomic E-state index is 12.4. The van der Waals surface area contributed by atoms with Crippen LogP contribution in [0.15, 0.2) is 48.5 Å². The largest absolute Gasteiger partial charge is 0.481 e. The third-order valence-corrected chi connectivity index (χ3v) is 3.42. The first-order chi connectivity index (χ1) is 11.0. The summed E-state index contributed by atoms with van der Waals surface area (Å²) in [5.74, 6) is -1.59. The van der Waals surface area contributed by atoms with Crippen molar-refractivity contribution in [3.8, 4) is 5.75 Å². The molecule has 0 bridgehead atoms. The predicted octanol–water partition coefficient (Wildman–Crippen LogP) is 3.60. The third kappa shape index (κ3) is 4.87. The number of benzene rings is 2. The molecule has 1 N–H and O–H groups in total. The molecular weight excluding hydrogens is 341 g/mol. The first kappa shape index (κ1) is 17.1. The second-order valence-corrected chi connectivity index (χ2v) is 5.48. The number of carboxylic acids is 1. The molecule has 0 aromatic heterocycles. The van der Waals surface area contributed by atoms with Crippen molar-refractivity contribution in [2.24, 2.45) is 0 Å². The summed E-state index contributed by atoms with van der Waals surface area (Å²) >= 11 is 11.9. The normalized spacial score (nSPS) is 10.2. The minimum atomic E-state index is -1.16. The van der Waals surface area contributed by atoms with Crippen molar-refractivity contribution in [3.63, 3.8) is 0 Å². The zero-order valence-corrected chi connectivity index (χ0v) is 13.4. The van der Waals surface area contributed by atoms with Crippen LogP contribution in [0, 0.1) is 0 Å². The summed E-state index contributed by atoms with van der Waals surface area (Å²) in [6.45, 7) is -0.385. The quantitative estimate of drug-likeness (QED) is 0.805. The van der Waals surface area contributed by atoms with Crippen LogP contribution in [-0.4, -0.2) is 28.0 Å². The Kier molecular flexibility index (Phi) is 5.84. The van der Waals surface area contributed by atoms with E-state index in [1.165, 1.54) is 18.2 Å². The SMILES string of the molecule is O=C(O)COc1cc(Cl)ccc1C(=O)N(Cl)Cc1ccccc1. The molecule has 0 atom stereocenters. The van der Waals surface area contributed by atoms with E-state index < -0.39 is 18.5 Å². The Morgan fingerprint density at radius 2 is 1.83 bits per heavy atom. The Balaban J connectivity index is 2.18. The fourth-order valence-corrected chi connectivity index (χ4v) is 2.27. The molecule has 0 saturated carbocycles. The zero-order chi connectivity index (χ0) is 16.8. The fraction of sp³-hybridized carbons (Fsp3) is 0.125. The third-order valence-electron chi connectivity index (χ3n) is 2.91. The number of amides is 1. The highest BCUT2D eigenvalue weighted by atomic mass is 35.5. The van der Waals surface area contributed by atoms with Gasteiger partial charge in [-0.15, -0.1) is 0 Å². The lowest BCUT2D eigenvalue weighted by Crippen LogP contribution is -2.22. The van der Waals surface area contributed by atoms with E-state index in [4.69, 9.17) is 33.2 Å². The lowest BCUT2D eigenvalue weighted by molar-refractivity contribution is -0.139. The van der Waals surface area contributed by atoms with E-state index in [1.54, 1.807) is 0 Å². The molecule has 0 heterocycles. The van der Waals surface area contributed by atoms with Crippen LogP contribution in [0.1, 0.15) is 15.9 Å². The molecule has 0 aliphatic heterocycles. The lowest BCUT2D eigenvalue weighted by Gasteiger charge is -2.16. The summed E-state index contributed by atoms with van der Waals surface area (Å²) in [6.07, 6.45) is 0. The summed E-state index contributed by atoms with van der Waals surface area (Å²) in [7, 11) is 0. The molecule has 5 nitrogen and oxygen atoms in total. The van der Waals surface area contributed by atoms with Gasteiger partial charge in [0.25, 0.3) is 5.91 Å². The number of ether oxygens (including phenoxy) is 1. The molecule has 0 spiro atoms. The van der Waals surface area contributed by atoms with Gasteiger partial charge >= 0.3 is 5.97 Å². The molecule has 2 aromatic rings. The maximum atomic E-state index is 12.4. The van der Waals surface area contributed by atoms with Gasteiger partial charge in [-0.2, -0.15) is 0 Å². The van der Waals surface area contributed by atoms with Crippen molar-refractivity contribution in [1.29, 1.82) is 0 Å². The van der Waals surface area contributed by atoms with Crippen molar-refractivity contribution in [3.05, 3.63) is 64.7 Å². The van der Waals surface area contributed by atoms with Crippen LogP contribution < -0.4 is 4.74 Å². The molecule has 7 heteroatoms. The maximum Gasteiger partial charge on any atom is 0.341 e. The van der Waals surface area contributed by atoms with Crippen LogP contribution >= 0.6 is 23.4 Å². The second-order valence-electron chi connectivity index (χ2n) is 4.63. The molecule has 0 aliphatic rings.